The summed E-state index contributed by atoms with van der Waals surface area (Å²) in [7, 11) is 1.28. The number of thioether (sulfide) groups is 1. The van der Waals surface area contributed by atoms with Gasteiger partial charge in [-0.1, -0.05) is 23.9 Å². The van der Waals surface area contributed by atoms with Crippen molar-refractivity contribution < 1.29 is 19.0 Å². The molecule has 2 aromatic carbocycles. The van der Waals surface area contributed by atoms with Crippen LogP contribution in [0.2, 0.25) is 0 Å². The van der Waals surface area contributed by atoms with Gasteiger partial charge in [-0.25, -0.2) is 14.2 Å². The summed E-state index contributed by atoms with van der Waals surface area (Å²) in [5.41, 5.74) is 1.07. The Labute approximate surface area is 165 Å². The van der Waals surface area contributed by atoms with E-state index in [2.05, 4.69) is 4.98 Å². The number of benzene rings is 2. The molecule has 28 heavy (non-hydrogen) atoms. The van der Waals surface area contributed by atoms with E-state index in [4.69, 9.17) is 4.74 Å². The predicted octanol–water partition coefficient (Wildman–Crippen LogP) is 3.00. The fourth-order valence-electron chi connectivity index (χ4n) is 2.76. The van der Waals surface area contributed by atoms with Gasteiger partial charge in [0.05, 0.1) is 36.2 Å². The van der Waals surface area contributed by atoms with Gasteiger partial charge in [0.2, 0.25) is 0 Å². The van der Waals surface area contributed by atoms with Gasteiger partial charge in [-0.15, -0.1) is 0 Å². The highest BCUT2D eigenvalue weighted by molar-refractivity contribution is 7.98. The van der Waals surface area contributed by atoms with Crippen LogP contribution in [0.5, 0.6) is 0 Å². The second kappa shape index (κ2) is 8.53. The van der Waals surface area contributed by atoms with Crippen molar-refractivity contribution in [3.05, 3.63) is 69.8 Å². The van der Waals surface area contributed by atoms with E-state index < -0.39 is 12.1 Å². The van der Waals surface area contributed by atoms with Crippen LogP contribution in [0.3, 0.4) is 0 Å². The van der Waals surface area contributed by atoms with E-state index in [0.29, 0.717) is 21.8 Å². The average molecular weight is 402 g/mol. The molecule has 0 aliphatic heterocycles. The third-order valence-corrected chi connectivity index (χ3v) is 5.09. The highest BCUT2D eigenvalue weighted by atomic mass is 32.2. The molecule has 0 spiro atoms. The van der Waals surface area contributed by atoms with Crippen molar-refractivity contribution in [1.82, 2.24) is 9.55 Å². The number of hydrogen-bond acceptors (Lipinski definition) is 6. The molecule has 3 aromatic rings. The van der Waals surface area contributed by atoms with Crippen LogP contribution in [0.15, 0.2) is 52.4 Å². The summed E-state index contributed by atoms with van der Waals surface area (Å²) < 4.78 is 19.5. The van der Waals surface area contributed by atoms with E-state index >= 15 is 0 Å². The van der Waals surface area contributed by atoms with Crippen molar-refractivity contribution in [2.24, 2.45) is 0 Å². The first kappa shape index (κ1) is 20.0. The molecule has 146 valence electrons. The highest BCUT2D eigenvalue weighted by Gasteiger charge is 2.15. The number of carbonyl (C=O) groups excluding carboxylic acids is 1. The smallest absolute Gasteiger partial charge is 0.337 e. The molecule has 0 aliphatic rings. The molecule has 1 aromatic heterocycles. The quantitative estimate of drug-likeness (QED) is 0.388. The van der Waals surface area contributed by atoms with Gasteiger partial charge in [-0.05, 0) is 42.8 Å². The molecule has 3 rings (SSSR count). The Morgan fingerprint density at radius 2 is 2.11 bits per heavy atom. The predicted molar refractivity (Wildman–Crippen MR) is 105 cm³/mol. The Morgan fingerprint density at radius 1 is 1.32 bits per heavy atom. The molecule has 0 amide bonds. The minimum Gasteiger partial charge on any atom is -0.465 e. The first-order valence-corrected chi connectivity index (χ1v) is 9.56. The summed E-state index contributed by atoms with van der Waals surface area (Å²) in [6.07, 6.45) is -0.750. The zero-order valence-electron chi connectivity index (χ0n) is 15.4. The number of fused-ring (bicyclic) bond motifs is 1. The lowest BCUT2D eigenvalue weighted by Crippen LogP contribution is -2.28. The molecule has 0 radical (unpaired) electrons. The molecule has 0 fully saturated rings. The molecule has 1 atom stereocenters. The van der Waals surface area contributed by atoms with Gasteiger partial charge in [0.15, 0.2) is 5.16 Å². The van der Waals surface area contributed by atoms with Crippen molar-refractivity contribution in [2.75, 3.05) is 7.11 Å². The summed E-state index contributed by atoms with van der Waals surface area (Å²) in [5.74, 6) is -0.467. The van der Waals surface area contributed by atoms with E-state index in [9.17, 15) is 19.1 Å². The molecule has 0 aliphatic carbocycles. The number of nitrogens with zero attached hydrogens (tertiary/aromatic N) is 2. The van der Waals surface area contributed by atoms with Crippen LogP contribution >= 0.6 is 11.8 Å². The third-order valence-electron chi connectivity index (χ3n) is 4.05. The van der Waals surface area contributed by atoms with Crippen molar-refractivity contribution >= 4 is 28.6 Å². The molecular formula is C20H19FN2O4S. The standard InChI is InChI=1S/C20H19FN2O4S/c1-12(24)10-23-18(25)16-7-6-14(19(26)27-2)9-17(16)22-20(23)28-11-13-4-3-5-15(21)8-13/h3-9,12,24H,10-11H2,1-2H3/t12-/m0/s1. The lowest BCUT2D eigenvalue weighted by atomic mass is 10.1. The second-order valence-electron chi connectivity index (χ2n) is 6.30. The van der Waals surface area contributed by atoms with E-state index in [1.807, 2.05) is 0 Å². The van der Waals surface area contributed by atoms with Gasteiger partial charge in [0, 0.05) is 5.75 Å². The first-order chi connectivity index (χ1) is 13.4. The summed E-state index contributed by atoms with van der Waals surface area (Å²) in [4.78, 5) is 29.2. The SMILES string of the molecule is COC(=O)c1ccc2c(=O)n(C[C@H](C)O)c(SCc3cccc(F)c3)nc2c1. The van der Waals surface area contributed by atoms with Crippen LogP contribution in [-0.4, -0.2) is 33.8 Å². The lowest BCUT2D eigenvalue weighted by Gasteiger charge is -2.15. The van der Waals surface area contributed by atoms with Gasteiger partial charge in [-0.2, -0.15) is 0 Å². The Kier molecular flexibility index (Phi) is 6.11. The summed E-state index contributed by atoms with van der Waals surface area (Å²) in [5, 5.41) is 10.5. The number of hydrogen-bond donors (Lipinski definition) is 1. The average Bonchev–Trinajstić information content (AvgIpc) is 2.67. The normalized spacial score (nSPS) is 12.1. The number of halogens is 1. The minimum atomic E-state index is -0.750. The summed E-state index contributed by atoms with van der Waals surface area (Å²) >= 11 is 1.26. The van der Waals surface area contributed by atoms with E-state index in [0.717, 1.165) is 5.56 Å². The largest absolute Gasteiger partial charge is 0.465 e. The van der Waals surface area contributed by atoms with Gasteiger partial charge in [0.25, 0.3) is 5.56 Å². The van der Waals surface area contributed by atoms with Crippen LogP contribution < -0.4 is 5.56 Å². The van der Waals surface area contributed by atoms with E-state index in [-0.39, 0.29) is 23.5 Å². The molecule has 6 nitrogen and oxygen atoms in total. The number of aromatic nitrogens is 2. The zero-order chi connectivity index (χ0) is 20.3. The maximum absolute atomic E-state index is 13.4. The van der Waals surface area contributed by atoms with E-state index in [1.54, 1.807) is 19.1 Å². The Hall–Kier alpha value is -2.71. The van der Waals surface area contributed by atoms with Crippen LogP contribution in [0.1, 0.15) is 22.8 Å². The van der Waals surface area contributed by atoms with Gasteiger partial charge >= 0.3 is 5.97 Å². The van der Waals surface area contributed by atoms with Crippen LogP contribution in [-0.2, 0) is 17.0 Å². The number of esters is 1. The van der Waals surface area contributed by atoms with Gasteiger partial charge in [-0.3, -0.25) is 9.36 Å². The third kappa shape index (κ3) is 4.40. The molecule has 0 saturated heterocycles. The molecule has 1 N–H and O–H groups in total. The Balaban J connectivity index is 2.06. The lowest BCUT2D eigenvalue weighted by molar-refractivity contribution is 0.0601. The number of rotatable bonds is 6. The minimum absolute atomic E-state index is 0.0754. The number of methoxy groups -OCH3 is 1. The molecule has 0 saturated carbocycles. The van der Waals surface area contributed by atoms with Crippen molar-refractivity contribution in [2.45, 2.75) is 30.5 Å². The van der Waals surface area contributed by atoms with Crippen molar-refractivity contribution in [3.63, 3.8) is 0 Å². The Bertz CT molecular complexity index is 1080. The molecule has 0 unspecified atom stereocenters. The Morgan fingerprint density at radius 3 is 2.79 bits per heavy atom. The maximum Gasteiger partial charge on any atom is 0.337 e. The van der Waals surface area contributed by atoms with Crippen molar-refractivity contribution in [1.29, 1.82) is 0 Å². The number of ether oxygens (including phenoxy) is 1. The number of carbonyl (C=O) groups is 1. The molecule has 1 heterocycles. The van der Waals surface area contributed by atoms with E-state index in [1.165, 1.54) is 53.8 Å². The summed E-state index contributed by atoms with van der Waals surface area (Å²) in [6, 6.07) is 10.7. The van der Waals surface area contributed by atoms with Crippen LogP contribution in [0.25, 0.3) is 10.9 Å². The monoisotopic (exact) mass is 402 g/mol. The molecule has 0 bridgehead atoms. The van der Waals surface area contributed by atoms with Gasteiger partial charge < -0.3 is 9.84 Å². The van der Waals surface area contributed by atoms with Crippen LogP contribution in [0.4, 0.5) is 4.39 Å². The number of aliphatic hydroxyl groups is 1. The highest BCUT2D eigenvalue weighted by Crippen LogP contribution is 2.23. The maximum atomic E-state index is 13.4. The topological polar surface area (TPSA) is 81.4 Å². The van der Waals surface area contributed by atoms with Crippen molar-refractivity contribution in [3.8, 4) is 0 Å². The zero-order valence-corrected chi connectivity index (χ0v) is 16.2. The van der Waals surface area contributed by atoms with Gasteiger partial charge in [0.1, 0.15) is 5.82 Å². The van der Waals surface area contributed by atoms with Crippen LogP contribution in [0, 0.1) is 5.82 Å². The summed E-state index contributed by atoms with van der Waals surface area (Å²) in [6.45, 7) is 1.66. The molecular weight excluding hydrogens is 383 g/mol. The number of aliphatic hydroxyl groups excluding tert-OH is 1. The first-order valence-electron chi connectivity index (χ1n) is 8.57. The fraction of sp³-hybridized carbons (Fsp3) is 0.250. The fourth-order valence-corrected chi connectivity index (χ4v) is 3.71. The molecule has 8 heteroatoms. The second-order valence-corrected chi connectivity index (χ2v) is 7.24.